The summed E-state index contributed by atoms with van der Waals surface area (Å²) in [5, 5.41) is 12.1. The van der Waals surface area contributed by atoms with Gasteiger partial charge in [-0.1, -0.05) is 0 Å². The second-order valence-corrected chi connectivity index (χ2v) is 3.68. The summed E-state index contributed by atoms with van der Waals surface area (Å²) in [6, 6.07) is -2.76. The van der Waals surface area contributed by atoms with E-state index in [4.69, 9.17) is 5.11 Å². The molecule has 0 aromatic rings. The van der Waals surface area contributed by atoms with E-state index in [2.05, 4.69) is 4.74 Å². The van der Waals surface area contributed by atoms with Gasteiger partial charge in [-0.05, 0) is 13.3 Å². The average molecular weight is 300 g/mol. The molecule has 0 spiro atoms. The van der Waals surface area contributed by atoms with E-state index >= 15 is 0 Å². The molecule has 20 heavy (non-hydrogen) atoms. The van der Waals surface area contributed by atoms with Gasteiger partial charge < -0.3 is 20.5 Å². The third-order valence-electron chi connectivity index (χ3n) is 2.00. The van der Waals surface area contributed by atoms with Gasteiger partial charge in [0.05, 0.1) is 6.61 Å². The Hall–Kier alpha value is -2.00. The molecule has 116 valence electrons. The Bertz CT molecular complexity index is 359. The highest BCUT2D eigenvalue weighted by molar-refractivity contribution is 5.83. The lowest BCUT2D eigenvalue weighted by Gasteiger charge is -2.15. The third kappa shape index (κ3) is 9.00. The zero-order valence-electron chi connectivity index (χ0n) is 10.6. The van der Waals surface area contributed by atoms with Crippen LogP contribution in [0.5, 0.6) is 0 Å². The number of alkyl halides is 3. The summed E-state index contributed by atoms with van der Waals surface area (Å²) in [7, 11) is 0. The Morgan fingerprint density at radius 2 is 1.90 bits per heavy atom. The molecular formula is C10H15F3N2O5. The standard InChI is InChI=1S/C10H15F3N2O5/c1-2-20-7(16)4-3-6(8(17)18)15-9(19)14-5-10(11,12)13/h6H,2-5H2,1H3,(H,17,18)(H2,14,15,19)/t6-/m0/s1. The number of aliphatic carboxylic acids is 1. The molecule has 0 unspecified atom stereocenters. The van der Waals surface area contributed by atoms with E-state index in [1.165, 1.54) is 5.32 Å². The van der Waals surface area contributed by atoms with Crippen molar-refractivity contribution in [2.75, 3.05) is 13.2 Å². The highest BCUT2D eigenvalue weighted by Gasteiger charge is 2.29. The smallest absolute Gasteiger partial charge is 0.405 e. The number of urea groups is 1. The molecule has 10 heteroatoms. The van der Waals surface area contributed by atoms with Gasteiger partial charge in [0.2, 0.25) is 0 Å². The number of hydrogen-bond acceptors (Lipinski definition) is 4. The largest absolute Gasteiger partial charge is 0.480 e. The van der Waals surface area contributed by atoms with Crippen molar-refractivity contribution in [1.82, 2.24) is 10.6 Å². The topological polar surface area (TPSA) is 105 Å². The molecule has 0 radical (unpaired) electrons. The van der Waals surface area contributed by atoms with Crippen molar-refractivity contribution < 1.29 is 37.4 Å². The maximum Gasteiger partial charge on any atom is 0.405 e. The summed E-state index contributed by atoms with van der Waals surface area (Å²) in [6.07, 6.45) is -5.15. The van der Waals surface area contributed by atoms with Gasteiger partial charge in [0, 0.05) is 6.42 Å². The van der Waals surface area contributed by atoms with Crippen LogP contribution in [0.25, 0.3) is 0 Å². The number of carbonyl (C=O) groups is 3. The number of hydrogen-bond donors (Lipinski definition) is 3. The van der Waals surface area contributed by atoms with Gasteiger partial charge in [-0.25, -0.2) is 9.59 Å². The number of nitrogens with one attached hydrogen (secondary N) is 2. The van der Waals surface area contributed by atoms with Crippen LogP contribution in [0, 0.1) is 0 Å². The fourth-order valence-corrected chi connectivity index (χ4v) is 1.14. The van der Waals surface area contributed by atoms with Crippen LogP contribution in [0.4, 0.5) is 18.0 Å². The average Bonchev–Trinajstić information content (AvgIpc) is 2.31. The van der Waals surface area contributed by atoms with E-state index in [-0.39, 0.29) is 19.4 Å². The van der Waals surface area contributed by atoms with E-state index in [1.807, 2.05) is 5.32 Å². The molecule has 0 fully saturated rings. The first-order valence-electron chi connectivity index (χ1n) is 5.65. The molecule has 7 nitrogen and oxygen atoms in total. The van der Waals surface area contributed by atoms with E-state index in [0.29, 0.717) is 0 Å². The molecule has 2 amide bonds. The monoisotopic (exact) mass is 300 g/mol. The molecule has 0 aliphatic rings. The summed E-state index contributed by atoms with van der Waals surface area (Å²) in [6.45, 7) is 0.106. The van der Waals surface area contributed by atoms with Gasteiger partial charge in [-0.2, -0.15) is 13.2 Å². The molecule has 0 aromatic heterocycles. The summed E-state index contributed by atoms with van der Waals surface area (Å²) >= 11 is 0. The minimum atomic E-state index is -4.60. The summed E-state index contributed by atoms with van der Waals surface area (Å²) in [4.78, 5) is 32.9. The van der Waals surface area contributed by atoms with E-state index in [0.717, 1.165) is 0 Å². The van der Waals surface area contributed by atoms with Crippen LogP contribution in [0.2, 0.25) is 0 Å². The molecular weight excluding hydrogens is 285 g/mol. The molecule has 0 saturated heterocycles. The Morgan fingerprint density at radius 1 is 1.30 bits per heavy atom. The van der Waals surface area contributed by atoms with Gasteiger partial charge in [0.1, 0.15) is 12.6 Å². The molecule has 0 aliphatic carbocycles. The van der Waals surface area contributed by atoms with Crippen LogP contribution in [0.3, 0.4) is 0 Å². The predicted octanol–water partition coefficient (Wildman–Crippen LogP) is 0.644. The van der Waals surface area contributed by atoms with Gasteiger partial charge in [0.25, 0.3) is 0 Å². The maximum atomic E-state index is 11.8. The SMILES string of the molecule is CCOC(=O)CC[C@H](NC(=O)NCC(F)(F)F)C(=O)O. The molecule has 0 saturated carbocycles. The molecule has 3 N–H and O–H groups in total. The summed E-state index contributed by atoms with van der Waals surface area (Å²) in [5.74, 6) is -2.12. The van der Waals surface area contributed by atoms with Gasteiger partial charge in [-0.3, -0.25) is 4.79 Å². The molecule has 0 heterocycles. The molecule has 0 rings (SSSR count). The number of esters is 1. The van der Waals surface area contributed by atoms with Gasteiger partial charge in [-0.15, -0.1) is 0 Å². The number of amides is 2. The first kappa shape index (κ1) is 18.0. The van der Waals surface area contributed by atoms with E-state index in [1.54, 1.807) is 6.92 Å². The van der Waals surface area contributed by atoms with Crippen LogP contribution in [-0.2, 0) is 14.3 Å². The normalized spacial score (nSPS) is 12.4. The van der Waals surface area contributed by atoms with Crippen molar-refractivity contribution >= 4 is 18.0 Å². The Labute approximate surface area is 112 Å². The number of rotatable bonds is 7. The number of carbonyl (C=O) groups excluding carboxylic acids is 2. The van der Waals surface area contributed by atoms with Crippen molar-refractivity contribution in [2.45, 2.75) is 32.0 Å². The highest BCUT2D eigenvalue weighted by Crippen LogP contribution is 2.12. The van der Waals surface area contributed by atoms with Crippen LogP contribution in [0.1, 0.15) is 19.8 Å². The fourth-order valence-electron chi connectivity index (χ4n) is 1.14. The minimum absolute atomic E-state index is 0.121. The first-order chi connectivity index (χ1) is 9.15. The predicted molar refractivity (Wildman–Crippen MR) is 59.9 cm³/mol. The van der Waals surface area contributed by atoms with Crippen molar-refractivity contribution in [3.63, 3.8) is 0 Å². The maximum absolute atomic E-state index is 11.8. The summed E-state index contributed by atoms with van der Waals surface area (Å²) in [5.41, 5.74) is 0. The van der Waals surface area contributed by atoms with Crippen molar-refractivity contribution in [3.8, 4) is 0 Å². The number of carboxylic acids is 1. The number of carboxylic acid groups (broad SMARTS) is 1. The number of ether oxygens (including phenoxy) is 1. The second kappa shape index (κ2) is 8.23. The van der Waals surface area contributed by atoms with Crippen LogP contribution in [-0.4, -0.2) is 48.4 Å². The summed E-state index contributed by atoms with van der Waals surface area (Å²) < 4.78 is 40.1. The van der Waals surface area contributed by atoms with Crippen molar-refractivity contribution in [3.05, 3.63) is 0 Å². The number of halogens is 3. The fraction of sp³-hybridized carbons (Fsp3) is 0.700. The zero-order valence-corrected chi connectivity index (χ0v) is 10.6. The Morgan fingerprint density at radius 3 is 2.35 bits per heavy atom. The van der Waals surface area contributed by atoms with E-state index in [9.17, 15) is 27.6 Å². The van der Waals surface area contributed by atoms with Gasteiger partial charge in [0.15, 0.2) is 0 Å². The highest BCUT2D eigenvalue weighted by atomic mass is 19.4. The second-order valence-electron chi connectivity index (χ2n) is 3.68. The van der Waals surface area contributed by atoms with Crippen LogP contribution in [0.15, 0.2) is 0 Å². The quantitative estimate of drug-likeness (QED) is 0.599. The van der Waals surface area contributed by atoms with Crippen LogP contribution < -0.4 is 10.6 Å². The zero-order chi connectivity index (χ0) is 15.8. The molecule has 1 atom stereocenters. The van der Waals surface area contributed by atoms with E-state index < -0.39 is 36.7 Å². The molecule has 0 aromatic carbocycles. The molecule has 0 aliphatic heterocycles. The lowest BCUT2D eigenvalue weighted by Crippen LogP contribution is -2.48. The lowest BCUT2D eigenvalue weighted by molar-refractivity contribution is -0.144. The van der Waals surface area contributed by atoms with Crippen molar-refractivity contribution in [1.29, 1.82) is 0 Å². The lowest BCUT2D eigenvalue weighted by atomic mass is 10.1. The van der Waals surface area contributed by atoms with Gasteiger partial charge >= 0.3 is 24.1 Å². The third-order valence-corrected chi connectivity index (χ3v) is 2.00. The Balaban J connectivity index is 4.23. The molecule has 0 bridgehead atoms. The first-order valence-corrected chi connectivity index (χ1v) is 5.65. The van der Waals surface area contributed by atoms with Crippen molar-refractivity contribution in [2.24, 2.45) is 0 Å². The minimum Gasteiger partial charge on any atom is -0.480 e. The Kier molecular flexibility index (Phi) is 7.40. The van der Waals surface area contributed by atoms with Crippen LogP contribution >= 0.6 is 0 Å².